The lowest BCUT2D eigenvalue weighted by Gasteiger charge is -2.45. The Kier molecular flexibility index (Phi) is 4.67. The van der Waals surface area contributed by atoms with E-state index in [-0.39, 0.29) is 23.5 Å². The van der Waals surface area contributed by atoms with Gasteiger partial charge in [0.1, 0.15) is 5.69 Å². The molecule has 0 radical (unpaired) electrons. The number of esters is 1. The van der Waals surface area contributed by atoms with E-state index in [1.807, 2.05) is 22.8 Å². The highest BCUT2D eigenvalue weighted by atomic mass is 16.5. The number of nitrogens with zero attached hydrogens (tertiary/aromatic N) is 2. The van der Waals surface area contributed by atoms with Crippen molar-refractivity contribution in [1.29, 1.82) is 0 Å². The number of benzene rings is 2. The summed E-state index contributed by atoms with van der Waals surface area (Å²) in [6.07, 6.45) is 4.24. The molecule has 0 saturated heterocycles. The number of imidazole rings is 1. The van der Waals surface area contributed by atoms with E-state index in [1.165, 1.54) is 18.2 Å². The lowest BCUT2D eigenvalue weighted by atomic mass is 9.68. The summed E-state index contributed by atoms with van der Waals surface area (Å²) in [7, 11) is 1.40. The van der Waals surface area contributed by atoms with Gasteiger partial charge in [-0.25, -0.2) is 9.78 Å². The Morgan fingerprint density at radius 2 is 1.79 bits per heavy atom. The van der Waals surface area contributed by atoms with E-state index in [1.54, 1.807) is 12.5 Å². The number of rotatable bonds is 4. The third-order valence-electron chi connectivity index (χ3n) is 5.59. The highest BCUT2D eigenvalue weighted by Crippen LogP contribution is 2.51. The molecule has 28 heavy (non-hydrogen) atoms. The molecular formula is C23H25N3O2. The van der Waals surface area contributed by atoms with Gasteiger partial charge in [0, 0.05) is 5.69 Å². The molecule has 144 valence electrons. The number of anilines is 1. The molecule has 2 atom stereocenters. The van der Waals surface area contributed by atoms with Crippen LogP contribution in [0.2, 0.25) is 0 Å². The third kappa shape index (κ3) is 3.17. The largest absolute Gasteiger partial charge is 0.464 e. The fraction of sp³-hybridized carbons (Fsp3) is 0.304. The summed E-state index contributed by atoms with van der Waals surface area (Å²) in [5.41, 5.74) is 3.93. The molecule has 4 rings (SSSR count). The molecule has 0 fully saturated rings. The first-order valence-electron chi connectivity index (χ1n) is 9.52. The zero-order valence-electron chi connectivity index (χ0n) is 16.4. The molecule has 5 heteroatoms. The molecule has 5 nitrogen and oxygen atoms in total. The highest BCUT2D eigenvalue weighted by molar-refractivity contribution is 5.87. The lowest BCUT2D eigenvalue weighted by Crippen LogP contribution is -2.38. The standard InChI is InChI=1S/C23H25N3O2/c1-23(2)13-19(25-16-9-5-4-6-10-16)17-11-7-8-12-18(17)21(23)26-15-24-14-20(26)22(27)28-3/h4-12,14-15,19,21,25H,13H2,1-3H3/t19-,21-/m0/s1. The SMILES string of the molecule is COC(=O)c1cncn1[C@H]1c2ccccc2[C@@H](Nc2ccccc2)CC1(C)C. The van der Waals surface area contributed by atoms with Gasteiger partial charge in [-0.15, -0.1) is 0 Å². The monoisotopic (exact) mass is 375 g/mol. The first kappa shape index (κ1) is 18.3. The molecule has 1 N–H and O–H groups in total. The van der Waals surface area contributed by atoms with E-state index < -0.39 is 0 Å². The van der Waals surface area contributed by atoms with Crippen LogP contribution in [0.15, 0.2) is 67.1 Å². The minimum absolute atomic E-state index is 0.00544. The number of carbonyl (C=O) groups excluding carboxylic acids is 1. The van der Waals surface area contributed by atoms with E-state index in [0.717, 1.165) is 12.1 Å². The fourth-order valence-corrected chi connectivity index (χ4v) is 4.41. The molecule has 0 saturated carbocycles. The predicted octanol–water partition coefficient (Wildman–Crippen LogP) is 4.84. The summed E-state index contributed by atoms with van der Waals surface area (Å²) in [6.45, 7) is 4.49. The highest BCUT2D eigenvalue weighted by Gasteiger charge is 2.42. The number of hydrogen-bond donors (Lipinski definition) is 1. The van der Waals surface area contributed by atoms with Crippen LogP contribution in [0.1, 0.15) is 54.0 Å². The van der Waals surface area contributed by atoms with Crippen molar-refractivity contribution in [2.75, 3.05) is 12.4 Å². The number of para-hydroxylation sites is 1. The van der Waals surface area contributed by atoms with Gasteiger partial charge >= 0.3 is 5.97 Å². The molecule has 1 aliphatic carbocycles. The van der Waals surface area contributed by atoms with E-state index in [4.69, 9.17) is 4.74 Å². The van der Waals surface area contributed by atoms with E-state index in [0.29, 0.717) is 5.69 Å². The van der Waals surface area contributed by atoms with Crippen LogP contribution in [-0.4, -0.2) is 22.6 Å². The van der Waals surface area contributed by atoms with Crippen LogP contribution in [0, 0.1) is 5.41 Å². The van der Waals surface area contributed by atoms with Crippen molar-refractivity contribution in [3.8, 4) is 0 Å². The zero-order valence-corrected chi connectivity index (χ0v) is 16.4. The summed E-state index contributed by atoms with van der Waals surface area (Å²) in [6, 6.07) is 18.9. The average Bonchev–Trinajstić information content (AvgIpc) is 3.16. The molecule has 2 aromatic carbocycles. The average molecular weight is 375 g/mol. The van der Waals surface area contributed by atoms with Gasteiger partial charge in [-0.3, -0.25) is 0 Å². The van der Waals surface area contributed by atoms with Crippen LogP contribution in [-0.2, 0) is 4.74 Å². The van der Waals surface area contributed by atoms with Gasteiger partial charge in [0.15, 0.2) is 0 Å². The number of aromatic nitrogens is 2. The number of ether oxygens (including phenoxy) is 1. The summed E-state index contributed by atoms with van der Waals surface area (Å²) >= 11 is 0. The second-order valence-electron chi connectivity index (χ2n) is 7.96. The Balaban J connectivity index is 1.79. The van der Waals surface area contributed by atoms with Gasteiger partial charge in [-0.05, 0) is 35.1 Å². The number of nitrogens with one attached hydrogen (secondary N) is 1. The van der Waals surface area contributed by atoms with Gasteiger partial charge in [0.2, 0.25) is 0 Å². The van der Waals surface area contributed by atoms with Gasteiger partial charge < -0.3 is 14.6 Å². The van der Waals surface area contributed by atoms with Crippen molar-refractivity contribution in [2.45, 2.75) is 32.4 Å². The van der Waals surface area contributed by atoms with E-state index in [2.05, 4.69) is 60.5 Å². The van der Waals surface area contributed by atoms with E-state index >= 15 is 0 Å². The second kappa shape index (κ2) is 7.15. The van der Waals surface area contributed by atoms with E-state index in [9.17, 15) is 4.79 Å². The molecule has 1 aliphatic rings. The third-order valence-corrected chi connectivity index (χ3v) is 5.59. The van der Waals surface area contributed by atoms with Crippen LogP contribution in [0.3, 0.4) is 0 Å². The summed E-state index contributed by atoms with van der Waals surface area (Å²) in [5.74, 6) is -0.365. The summed E-state index contributed by atoms with van der Waals surface area (Å²) < 4.78 is 6.93. The van der Waals surface area contributed by atoms with Crippen molar-refractivity contribution in [1.82, 2.24) is 9.55 Å². The van der Waals surface area contributed by atoms with Crippen molar-refractivity contribution in [3.05, 3.63) is 83.9 Å². The maximum absolute atomic E-state index is 12.3. The van der Waals surface area contributed by atoms with Crippen molar-refractivity contribution >= 4 is 11.7 Å². The Labute approximate surface area is 165 Å². The van der Waals surface area contributed by atoms with Crippen molar-refractivity contribution < 1.29 is 9.53 Å². The van der Waals surface area contributed by atoms with Crippen LogP contribution in [0.4, 0.5) is 5.69 Å². The second-order valence-corrected chi connectivity index (χ2v) is 7.96. The maximum Gasteiger partial charge on any atom is 0.356 e. The molecule has 0 aliphatic heterocycles. The van der Waals surface area contributed by atoms with Gasteiger partial charge in [0.25, 0.3) is 0 Å². The Morgan fingerprint density at radius 3 is 2.50 bits per heavy atom. The Hall–Kier alpha value is -3.08. The van der Waals surface area contributed by atoms with Crippen LogP contribution in [0.25, 0.3) is 0 Å². The topological polar surface area (TPSA) is 56.1 Å². The van der Waals surface area contributed by atoms with Crippen LogP contribution < -0.4 is 5.32 Å². The molecule has 1 aromatic heterocycles. The Morgan fingerprint density at radius 1 is 1.11 bits per heavy atom. The normalized spacial score (nSPS) is 20.2. The smallest absolute Gasteiger partial charge is 0.356 e. The molecule has 0 amide bonds. The maximum atomic E-state index is 12.3. The predicted molar refractivity (Wildman–Crippen MR) is 109 cm³/mol. The lowest BCUT2D eigenvalue weighted by molar-refractivity contribution is 0.0580. The number of hydrogen-bond acceptors (Lipinski definition) is 4. The van der Waals surface area contributed by atoms with Gasteiger partial charge in [-0.1, -0.05) is 56.3 Å². The molecule has 1 heterocycles. The summed E-state index contributed by atoms with van der Waals surface area (Å²) in [4.78, 5) is 16.5. The minimum Gasteiger partial charge on any atom is -0.464 e. The Bertz CT molecular complexity index is 978. The zero-order chi connectivity index (χ0) is 19.7. The first-order chi connectivity index (χ1) is 13.5. The molecule has 0 unspecified atom stereocenters. The van der Waals surface area contributed by atoms with Crippen molar-refractivity contribution in [3.63, 3.8) is 0 Å². The number of fused-ring (bicyclic) bond motifs is 1. The number of methoxy groups -OCH3 is 1. The summed E-state index contributed by atoms with van der Waals surface area (Å²) in [5, 5.41) is 3.69. The van der Waals surface area contributed by atoms with Crippen LogP contribution >= 0.6 is 0 Å². The minimum atomic E-state index is -0.365. The van der Waals surface area contributed by atoms with Gasteiger partial charge in [0.05, 0.1) is 31.7 Å². The molecule has 0 spiro atoms. The quantitative estimate of drug-likeness (QED) is 0.663. The first-order valence-corrected chi connectivity index (χ1v) is 9.52. The molecule has 0 bridgehead atoms. The van der Waals surface area contributed by atoms with Crippen molar-refractivity contribution in [2.24, 2.45) is 5.41 Å². The molecular weight excluding hydrogens is 350 g/mol. The number of carbonyl (C=O) groups is 1. The van der Waals surface area contributed by atoms with Gasteiger partial charge in [-0.2, -0.15) is 0 Å². The molecule has 3 aromatic rings. The fourth-order valence-electron chi connectivity index (χ4n) is 4.41. The van der Waals surface area contributed by atoms with Crippen LogP contribution in [0.5, 0.6) is 0 Å².